The highest BCUT2D eigenvalue weighted by Crippen LogP contribution is 2.42. The standard InChI is InChI=1S/C35H39N3O6/c1-22(39)28-11-7-24(18-32(28)40)23-5-3-6-25(17-23)29-13-14-36-20-30(29)35(42)38(26-8-9-26)27-10-12-33-31(19-27)37(15-4-16-43-2)34(41)21-44-33/h3,5-7,10-12,17-19,26,29-30,36,40H,4,8-9,13-16,20-21H2,1-2H3/t29-,30+/m1/s1. The van der Waals surface area contributed by atoms with Crippen LogP contribution in [0.15, 0.2) is 60.7 Å². The first-order chi connectivity index (χ1) is 21.4. The van der Waals surface area contributed by atoms with E-state index in [4.69, 9.17) is 9.47 Å². The highest BCUT2D eigenvalue weighted by atomic mass is 16.5. The van der Waals surface area contributed by atoms with Crippen molar-refractivity contribution < 1.29 is 29.0 Å². The van der Waals surface area contributed by atoms with Gasteiger partial charge < -0.3 is 29.7 Å². The summed E-state index contributed by atoms with van der Waals surface area (Å²) in [6.07, 6.45) is 3.39. The molecule has 3 aromatic carbocycles. The van der Waals surface area contributed by atoms with Gasteiger partial charge in [-0.1, -0.05) is 30.3 Å². The van der Waals surface area contributed by atoms with Gasteiger partial charge in [0.25, 0.3) is 5.91 Å². The average molecular weight is 598 g/mol. The highest BCUT2D eigenvalue weighted by Gasteiger charge is 2.41. The van der Waals surface area contributed by atoms with Crippen molar-refractivity contribution in [2.45, 2.75) is 44.6 Å². The third-order valence-electron chi connectivity index (χ3n) is 8.87. The van der Waals surface area contributed by atoms with Crippen LogP contribution in [-0.2, 0) is 14.3 Å². The fraction of sp³-hybridized carbons (Fsp3) is 0.400. The van der Waals surface area contributed by atoms with Gasteiger partial charge in [-0.2, -0.15) is 0 Å². The molecular weight excluding hydrogens is 558 g/mol. The SMILES string of the molecule is COCCCN1C(=O)COc2ccc(N(C(=O)[C@H]3CNCC[C@@H]3c3cccc(-c4ccc(C(C)=O)c(O)c4)c3)C3CC3)cc21. The maximum absolute atomic E-state index is 14.5. The molecule has 2 amide bonds. The molecule has 230 valence electrons. The minimum absolute atomic E-state index is 0.000422. The number of nitrogens with one attached hydrogen (secondary N) is 1. The Morgan fingerprint density at radius 3 is 2.64 bits per heavy atom. The van der Waals surface area contributed by atoms with Crippen LogP contribution in [0.1, 0.15) is 54.4 Å². The van der Waals surface area contributed by atoms with E-state index in [-0.39, 0.29) is 47.8 Å². The van der Waals surface area contributed by atoms with Gasteiger partial charge in [0.05, 0.1) is 17.2 Å². The van der Waals surface area contributed by atoms with Crippen molar-refractivity contribution in [3.05, 3.63) is 71.8 Å². The zero-order chi connectivity index (χ0) is 30.8. The van der Waals surface area contributed by atoms with Crippen LogP contribution in [0.5, 0.6) is 11.5 Å². The number of hydrogen-bond acceptors (Lipinski definition) is 7. The molecule has 9 nitrogen and oxygen atoms in total. The Bertz CT molecular complexity index is 1570. The van der Waals surface area contributed by atoms with Crippen molar-refractivity contribution >= 4 is 29.0 Å². The number of ketones is 1. The second-order valence-corrected chi connectivity index (χ2v) is 11.9. The minimum atomic E-state index is -0.278. The van der Waals surface area contributed by atoms with Crippen LogP contribution in [0.3, 0.4) is 0 Å². The summed E-state index contributed by atoms with van der Waals surface area (Å²) in [5.41, 5.74) is 4.58. The second kappa shape index (κ2) is 12.8. The molecule has 2 fully saturated rings. The monoisotopic (exact) mass is 597 g/mol. The quantitative estimate of drug-likeness (QED) is 0.253. The van der Waals surface area contributed by atoms with Gasteiger partial charge in [-0.25, -0.2) is 0 Å². The molecule has 9 heteroatoms. The van der Waals surface area contributed by atoms with Crippen LogP contribution in [-0.4, -0.2) is 68.7 Å². The van der Waals surface area contributed by atoms with Crippen molar-refractivity contribution in [2.75, 3.05) is 49.8 Å². The van der Waals surface area contributed by atoms with Gasteiger partial charge in [0.1, 0.15) is 11.5 Å². The Morgan fingerprint density at radius 2 is 1.89 bits per heavy atom. The van der Waals surface area contributed by atoms with Gasteiger partial charge in [0.15, 0.2) is 12.4 Å². The predicted molar refractivity (Wildman–Crippen MR) is 169 cm³/mol. The number of nitrogens with zero attached hydrogens (tertiary/aromatic N) is 2. The van der Waals surface area contributed by atoms with E-state index in [1.54, 1.807) is 24.1 Å². The lowest BCUT2D eigenvalue weighted by Gasteiger charge is -2.36. The first-order valence-electron chi connectivity index (χ1n) is 15.4. The summed E-state index contributed by atoms with van der Waals surface area (Å²) in [6.45, 7) is 3.88. The number of carbonyl (C=O) groups excluding carboxylic acids is 3. The number of fused-ring (bicyclic) bond motifs is 1. The molecule has 0 spiro atoms. The topological polar surface area (TPSA) is 108 Å². The van der Waals surface area contributed by atoms with E-state index in [2.05, 4.69) is 17.4 Å². The van der Waals surface area contributed by atoms with E-state index in [0.717, 1.165) is 48.2 Å². The van der Waals surface area contributed by atoms with Crippen LogP contribution in [0.2, 0.25) is 0 Å². The number of benzene rings is 3. The molecule has 6 rings (SSSR count). The number of phenolic OH excluding ortho intramolecular Hbond substituents is 1. The molecule has 0 bridgehead atoms. The lowest BCUT2D eigenvalue weighted by atomic mass is 9.79. The average Bonchev–Trinajstić information content (AvgIpc) is 3.87. The Balaban J connectivity index is 1.29. The van der Waals surface area contributed by atoms with Gasteiger partial charge in [-0.05, 0) is 92.1 Å². The van der Waals surface area contributed by atoms with Gasteiger partial charge in [-0.3, -0.25) is 14.4 Å². The molecule has 1 saturated heterocycles. The Morgan fingerprint density at radius 1 is 1.07 bits per heavy atom. The van der Waals surface area contributed by atoms with Crippen molar-refractivity contribution in [2.24, 2.45) is 5.92 Å². The summed E-state index contributed by atoms with van der Waals surface area (Å²) < 4.78 is 10.9. The highest BCUT2D eigenvalue weighted by molar-refractivity contribution is 6.01. The molecule has 1 saturated carbocycles. The number of ether oxygens (including phenoxy) is 2. The number of piperidine rings is 1. The van der Waals surface area contributed by atoms with Crippen molar-refractivity contribution in [3.63, 3.8) is 0 Å². The molecule has 44 heavy (non-hydrogen) atoms. The van der Waals surface area contributed by atoms with E-state index < -0.39 is 0 Å². The number of methoxy groups -OCH3 is 1. The number of phenols is 1. The number of carbonyl (C=O) groups is 3. The molecule has 0 radical (unpaired) electrons. The Hall–Kier alpha value is -4.21. The summed E-state index contributed by atoms with van der Waals surface area (Å²) in [5.74, 6) is 0.122. The van der Waals surface area contributed by atoms with Crippen molar-refractivity contribution in [1.29, 1.82) is 0 Å². The molecule has 0 unspecified atom stereocenters. The fourth-order valence-corrected chi connectivity index (χ4v) is 6.46. The number of amides is 2. The predicted octanol–water partition coefficient (Wildman–Crippen LogP) is 4.91. The van der Waals surface area contributed by atoms with Gasteiger partial charge in [-0.15, -0.1) is 0 Å². The van der Waals surface area contributed by atoms with Crippen LogP contribution in [0.25, 0.3) is 11.1 Å². The molecule has 1 aliphatic carbocycles. The van der Waals surface area contributed by atoms with E-state index in [1.165, 1.54) is 6.92 Å². The first-order valence-corrected chi connectivity index (χ1v) is 15.4. The van der Waals surface area contributed by atoms with E-state index in [9.17, 15) is 19.5 Å². The Labute approximate surface area is 257 Å². The smallest absolute Gasteiger partial charge is 0.265 e. The summed E-state index contributed by atoms with van der Waals surface area (Å²) >= 11 is 0. The van der Waals surface area contributed by atoms with E-state index in [0.29, 0.717) is 43.1 Å². The maximum atomic E-state index is 14.5. The van der Waals surface area contributed by atoms with Crippen LogP contribution >= 0.6 is 0 Å². The molecule has 2 atom stereocenters. The molecule has 3 aromatic rings. The summed E-state index contributed by atoms with van der Waals surface area (Å²) in [4.78, 5) is 42.8. The third-order valence-corrected chi connectivity index (χ3v) is 8.87. The van der Waals surface area contributed by atoms with Crippen LogP contribution in [0.4, 0.5) is 11.4 Å². The van der Waals surface area contributed by atoms with Crippen LogP contribution < -0.4 is 19.9 Å². The summed E-state index contributed by atoms with van der Waals surface area (Å²) in [6, 6.07) is 19.1. The number of anilines is 2. The molecule has 0 aromatic heterocycles. The van der Waals surface area contributed by atoms with Gasteiger partial charge in [0.2, 0.25) is 5.91 Å². The number of aromatic hydroxyl groups is 1. The number of hydrogen-bond donors (Lipinski definition) is 2. The zero-order valence-corrected chi connectivity index (χ0v) is 25.3. The van der Waals surface area contributed by atoms with Crippen LogP contribution in [0, 0.1) is 5.92 Å². The number of Topliss-reactive ketones (excluding diaryl/α,β-unsaturated/α-hetero) is 1. The van der Waals surface area contributed by atoms with E-state index >= 15 is 0 Å². The normalized spacial score (nSPS) is 19.7. The number of rotatable bonds is 10. The van der Waals surface area contributed by atoms with E-state index in [1.807, 2.05) is 41.3 Å². The van der Waals surface area contributed by atoms with Gasteiger partial charge >= 0.3 is 0 Å². The molecular formula is C35H39N3O6. The first kappa shape index (κ1) is 29.8. The molecule has 2 N–H and O–H groups in total. The second-order valence-electron chi connectivity index (χ2n) is 11.9. The van der Waals surface area contributed by atoms with Crippen molar-refractivity contribution in [1.82, 2.24) is 5.32 Å². The summed E-state index contributed by atoms with van der Waals surface area (Å²) in [7, 11) is 1.65. The Kier molecular flexibility index (Phi) is 8.68. The van der Waals surface area contributed by atoms with Crippen molar-refractivity contribution in [3.8, 4) is 22.6 Å². The minimum Gasteiger partial charge on any atom is -0.507 e. The zero-order valence-electron chi connectivity index (χ0n) is 25.3. The fourth-order valence-electron chi connectivity index (χ4n) is 6.46. The lowest BCUT2D eigenvalue weighted by Crippen LogP contribution is -2.47. The lowest BCUT2D eigenvalue weighted by molar-refractivity contribution is -0.123. The maximum Gasteiger partial charge on any atom is 0.265 e. The third kappa shape index (κ3) is 6.07. The molecule has 2 heterocycles. The largest absolute Gasteiger partial charge is 0.507 e. The molecule has 3 aliphatic rings. The summed E-state index contributed by atoms with van der Waals surface area (Å²) in [5, 5.41) is 13.9. The van der Waals surface area contributed by atoms with Gasteiger partial charge in [0, 0.05) is 38.5 Å². The molecule has 2 aliphatic heterocycles.